The summed E-state index contributed by atoms with van der Waals surface area (Å²) in [7, 11) is 3.52. The number of nitrogens with zero attached hydrogens (tertiary/aromatic N) is 3. The van der Waals surface area contributed by atoms with Crippen molar-refractivity contribution < 1.29 is 4.74 Å². The Balaban J connectivity index is 2.14. The molecule has 2 rings (SSSR count). The van der Waals surface area contributed by atoms with Crippen molar-refractivity contribution in [3.63, 3.8) is 0 Å². The molecule has 0 aliphatic carbocycles. The van der Waals surface area contributed by atoms with Gasteiger partial charge in [-0.15, -0.1) is 11.3 Å². The third-order valence-electron chi connectivity index (χ3n) is 2.57. The minimum absolute atomic E-state index is 0.0202. The lowest BCUT2D eigenvalue weighted by Gasteiger charge is -2.13. The van der Waals surface area contributed by atoms with Gasteiger partial charge in [-0.2, -0.15) is 5.10 Å². The van der Waals surface area contributed by atoms with E-state index in [0.29, 0.717) is 6.42 Å². The fourth-order valence-electron chi connectivity index (χ4n) is 1.55. The van der Waals surface area contributed by atoms with Crippen LogP contribution >= 0.6 is 11.3 Å². The monoisotopic (exact) mass is 253 g/mol. The first kappa shape index (κ1) is 12.0. The van der Waals surface area contributed by atoms with E-state index in [1.165, 1.54) is 6.33 Å². The highest BCUT2D eigenvalue weighted by atomic mass is 32.1. The zero-order chi connectivity index (χ0) is 12.3. The van der Waals surface area contributed by atoms with Gasteiger partial charge in [0.25, 0.3) is 0 Å². The van der Waals surface area contributed by atoms with E-state index in [9.17, 15) is 0 Å². The summed E-state index contributed by atoms with van der Waals surface area (Å²) in [6, 6.07) is 2.00. The molecule has 0 aromatic carbocycles. The molecule has 0 aliphatic heterocycles. The van der Waals surface area contributed by atoms with Crippen LogP contribution in [0.4, 0.5) is 0 Å². The summed E-state index contributed by atoms with van der Waals surface area (Å²) in [4.78, 5) is 5.30. The Morgan fingerprint density at radius 3 is 3.00 bits per heavy atom. The molecule has 0 saturated heterocycles. The van der Waals surface area contributed by atoms with Crippen molar-refractivity contribution in [2.45, 2.75) is 12.5 Å². The zero-order valence-corrected chi connectivity index (χ0v) is 10.6. The van der Waals surface area contributed by atoms with E-state index in [2.05, 4.69) is 15.5 Å². The van der Waals surface area contributed by atoms with Crippen LogP contribution in [0.5, 0.6) is 5.75 Å². The Morgan fingerprint density at radius 2 is 2.47 bits per heavy atom. The first-order valence-electron chi connectivity index (χ1n) is 5.16. The number of ether oxygens (including phenoxy) is 1. The van der Waals surface area contributed by atoms with Crippen LogP contribution in [-0.2, 0) is 13.5 Å². The topological polar surface area (TPSA) is 78.0 Å². The minimum atomic E-state index is 0.0202. The van der Waals surface area contributed by atoms with Crippen LogP contribution in [0.3, 0.4) is 0 Å². The van der Waals surface area contributed by atoms with Gasteiger partial charge in [-0.3, -0.25) is 16.0 Å². The number of aryl methyl sites for hydroxylation is 1. The van der Waals surface area contributed by atoms with Crippen molar-refractivity contribution in [1.82, 2.24) is 20.2 Å². The quantitative estimate of drug-likeness (QED) is 0.603. The number of rotatable bonds is 5. The number of hydrazine groups is 1. The average molecular weight is 253 g/mol. The summed E-state index contributed by atoms with van der Waals surface area (Å²) in [6.45, 7) is 0. The Bertz CT molecular complexity index is 481. The Hall–Kier alpha value is -1.44. The van der Waals surface area contributed by atoms with E-state index in [-0.39, 0.29) is 6.04 Å². The lowest BCUT2D eigenvalue weighted by atomic mass is 10.1. The summed E-state index contributed by atoms with van der Waals surface area (Å²) in [6.07, 6.45) is 2.23. The number of thiophene rings is 1. The third kappa shape index (κ3) is 2.63. The first-order valence-corrected chi connectivity index (χ1v) is 6.04. The van der Waals surface area contributed by atoms with Gasteiger partial charge in [0.15, 0.2) is 0 Å². The molecule has 0 amide bonds. The lowest BCUT2D eigenvalue weighted by molar-refractivity contribution is 0.415. The second-order valence-electron chi connectivity index (χ2n) is 3.61. The number of aromatic nitrogens is 3. The van der Waals surface area contributed by atoms with E-state index in [0.717, 1.165) is 16.5 Å². The van der Waals surface area contributed by atoms with Gasteiger partial charge >= 0.3 is 0 Å². The van der Waals surface area contributed by atoms with Crippen LogP contribution in [0.25, 0.3) is 0 Å². The van der Waals surface area contributed by atoms with Gasteiger partial charge < -0.3 is 4.74 Å². The molecule has 6 nitrogen and oxygen atoms in total. The van der Waals surface area contributed by atoms with Crippen LogP contribution in [0.15, 0.2) is 17.8 Å². The van der Waals surface area contributed by atoms with Crippen molar-refractivity contribution in [3.05, 3.63) is 28.5 Å². The number of methoxy groups -OCH3 is 1. The number of nitrogens with two attached hydrogens (primary N) is 1. The van der Waals surface area contributed by atoms with Gasteiger partial charge in [-0.05, 0) is 6.07 Å². The third-order valence-corrected chi connectivity index (χ3v) is 3.59. The van der Waals surface area contributed by atoms with E-state index in [1.807, 2.05) is 18.5 Å². The molecule has 2 aromatic rings. The second-order valence-corrected chi connectivity index (χ2v) is 4.55. The molecule has 0 bridgehead atoms. The van der Waals surface area contributed by atoms with Crippen molar-refractivity contribution >= 4 is 11.3 Å². The SMILES string of the molecule is COc1csc(C(Cc2ncnn2C)NN)c1. The summed E-state index contributed by atoms with van der Waals surface area (Å²) in [5, 5.41) is 5.99. The normalized spacial score (nSPS) is 12.6. The molecular weight excluding hydrogens is 238 g/mol. The maximum atomic E-state index is 5.58. The van der Waals surface area contributed by atoms with E-state index >= 15 is 0 Å². The molecule has 2 aromatic heterocycles. The molecule has 1 atom stereocenters. The van der Waals surface area contributed by atoms with Crippen LogP contribution in [0.1, 0.15) is 16.7 Å². The summed E-state index contributed by atoms with van der Waals surface area (Å²) >= 11 is 1.61. The van der Waals surface area contributed by atoms with Crippen molar-refractivity contribution in [1.29, 1.82) is 0 Å². The summed E-state index contributed by atoms with van der Waals surface area (Å²) in [5.41, 5.74) is 2.80. The highest BCUT2D eigenvalue weighted by molar-refractivity contribution is 7.10. The Morgan fingerprint density at radius 1 is 1.65 bits per heavy atom. The largest absolute Gasteiger partial charge is 0.496 e. The van der Waals surface area contributed by atoms with E-state index < -0.39 is 0 Å². The fourth-order valence-corrected chi connectivity index (χ4v) is 2.47. The molecule has 0 radical (unpaired) electrons. The van der Waals surface area contributed by atoms with Crippen molar-refractivity contribution in [2.75, 3.05) is 7.11 Å². The predicted octanol–water partition coefficient (Wildman–Crippen LogP) is 0.632. The molecule has 3 N–H and O–H groups in total. The standard InChI is InChI=1S/C10H15N5OS/c1-15-10(12-6-13-15)4-8(14-11)9-3-7(16-2)5-17-9/h3,5-6,8,14H,4,11H2,1-2H3. The van der Waals surface area contributed by atoms with Gasteiger partial charge in [0.05, 0.1) is 13.2 Å². The van der Waals surface area contributed by atoms with Crippen LogP contribution in [-0.4, -0.2) is 21.9 Å². The highest BCUT2D eigenvalue weighted by Crippen LogP contribution is 2.28. The van der Waals surface area contributed by atoms with Crippen molar-refractivity contribution in [2.24, 2.45) is 12.9 Å². The highest BCUT2D eigenvalue weighted by Gasteiger charge is 2.16. The predicted molar refractivity (Wildman–Crippen MR) is 65.6 cm³/mol. The Kier molecular flexibility index (Phi) is 3.72. The molecule has 0 fully saturated rings. The second kappa shape index (κ2) is 5.26. The molecule has 0 spiro atoms. The first-order chi connectivity index (χ1) is 8.24. The number of hydrogen-bond donors (Lipinski definition) is 2. The zero-order valence-electron chi connectivity index (χ0n) is 9.75. The summed E-state index contributed by atoms with van der Waals surface area (Å²) < 4.78 is 6.90. The molecular formula is C10H15N5OS. The van der Waals surface area contributed by atoms with Gasteiger partial charge in [0.1, 0.15) is 17.9 Å². The van der Waals surface area contributed by atoms with Gasteiger partial charge in [-0.25, -0.2) is 4.98 Å². The average Bonchev–Trinajstić information content (AvgIpc) is 2.95. The van der Waals surface area contributed by atoms with E-state index in [1.54, 1.807) is 23.1 Å². The van der Waals surface area contributed by atoms with Crippen molar-refractivity contribution in [3.8, 4) is 5.75 Å². The van der Waals surface area contributed by atoms with E-state index in [4.69, 9.17) is 10.6 Å². The number of hydrogen-bond acceptors (Lipinski definition) is 6. The molecule has 0 saturated carbocycles. The summed E-state index contributed by atoms with van der Waals surface area (Å²) in [5.74, 6) is 7.32. The van der Waals surface area contributed by atoms with Gasteiger partial charge in [0, 0.05) is 23.7 Å². The number of nitrogens with one attached hydrogen (secondary N) is 1. The molecule has 1 unspecified atom stereocenters. The van der Waals surface area contributed by atoms with Crippen LogP contribution < -0.4 is 16.0 Å². The Labute approximate surface area is 103 Å². The molecule has 92 valence electrons. The van der Waals surface area contributed by atoms with Crippen LogP contribution in [0, 0.1) is 0 Å². The molecule has 0 aliphatic rings. The maximum absolute atomic E-state index is 5.58. The minimum Gasteiger partial charge on any atom is -0.496 e. The lowest BCUT2D eigenvalue weighted by Crippen LogP contribution is -2.29. The van der Waals surface area contributed by atoms with Gasteiger partial charge in [-0.1, -0.05) is 0 Å². The molecule has 17 heavy (non-hydrogen) atoms. The smallest absolute Gasteiger partial charge is 0.138 e. The molecule has 2 heterocycles. The van der Waals surface area contributed by atoms with Crippen LogP contribution in [0.2, 0.25) is 0 Å². The van der Waals surface area contributed by atoms with Gasteiger partial charge in [0.2, 0.25) is 0 Å². The fraction of sp³-hybridized carbons (Fsp3) is 0.400. The maximum Gasteiger partial charge on any atom is 0.138 e. The molecule has 7 heteroatoms.